The van der Waals surface area contributed by atoms with Crippen LogP contribution in [0, 0.1) is 0 Å². The predicted octanol–water partition coefficient (Wildman–Crippen LogP) is 2.81. The Kier molecular flexibility index (Phi) is 4.23. The maximum absolute atomic E-state index is 12.4. The summed E-state index contributed by atoms with van der Waals surface area (Å²) in [6.07, 6.45) is -3.53. The van der Waals surface area contributed by atoms with Gasteiger partial charge >= 0.3 is 6.18 Å². The zero-order valence-corrected chi connectivity index (χ0v) is 10.8. The highest BCUT2D eigenvalue weighted by Crippen LogP contribution is 2.27. The van der Waals surface area contributed by atoms with Gasteiger partial charge in [-0.1, -0.05) is 12.1 Å². The van der Waals surface area contributed by atoms with Crippen molar-refractivity contribution in [2.45, 2.75) is 12.7 Å². The molecule has 21 heavy (non-hydrogen) atoms. The van der Waals surface area contributed by atoms with Gasteiger partial charge in [-0.15, -0.1) is 0 Å². The van der Waals surface area contributed by atoms with Crippen LogP contribution in [0.25, 0.3) is 0 Å². The molecule has 1 heterocycles. The molecule has 0 fully saturated rings. The Hall–Kier alpha value is -2.41. The quantitative estimate of drug-likeness (QED) is 0.915. The first-order valence-corrected chi connectivity index (χ1v) is 6.04. The number of aromatic nitrogens is 1. The molecule has 0 aliphatic carbocycles. The van der Waals surface area contributed by atoms with Crippen LogP contribution in [0.15, 0.2) is 42.6 Å². The summed E-state index contributed by atoms with van der Waals surface area (Å²) in [6, 6.07) is 8.57. The van der Waals surface area contributed by atoms with Gasteiger partial charge in [0.15, 0.2) is 0 Å². The molecule has 2 aromatic rings. The largest absolute Gasteiger partial charge is 0.433 e. The minimum Gasteiger partial charge on any atom is -0.326 e. The van der Waals surface area contributed by atoms with Crippen molar-refractivity contribution in [1.82, 2.24) is 4.98 Å². The summed E-state index contributed by atoms with van der Waals surface area (Å²) in [6.45, 7) is 0.366. The molecule has 0 unspecified atom stereocenters. The van der Waals surface area contributed by atoms with Gasteiger partial charge in [-0.3, -0.25) is 4.79 Å². The van der Waals surface area contributed by atoms with Crippen molar-refractivity contribution in [3.63, 3.8) is 0 Å². The number of hydrogen-bond acceptors (Lipinski definition) is 3. The second-order valence-electron chi connectivity index (χ2n) is 4.29. The van der Waals surface area contributed by atoms with Gasteiger partial charge < -0.3 is 11.1 Å². The number of anilines is 1. The van der Waals surface area contributed by atoms with Gasteiger partial charge in [-0.2, -0.15) is 13.2 Å². The number of nitrogens with zero attached hydrogens (tertiary/aromatic N) is 1. The zero-order valence-electron chi connectivity index (χ0n) is 10.8. The number of nitrogens with two attached hydrogens (primary N) is 1. The molecule has 1 amide bonds. The van der Waals surface area contributed by atoms with E-state index in [0.717, 1.165) is 23.9 Å². The standard InChI is InChI=1S/C14H12F3N3O/c15-14(16,17)12-6-5-11(8-19-12)20-13(21)10-3-1-9(7-18)2-4-10/h1-6,8H,7,18H2,(H,20,21). The number of carbonyl (C=O) groups is 1. The smallest absolute Gasteiger partial charge is 0.326 e. The Bertz CT molecular complexity index is 621. The third-order valence-electron chi connectivity index (χ3n) is 2.76. The van der Waals surface area contributed by atoms with Crippen LogP contribution in [-0.4, -0.2) is 10.9 Å². The molecule has 0 saturated carbocycles. The molecule has 110 valence electrons. The van der Waals surface area contributed by atoms with Crippen molar-refractivity contribution >= 4 is 11.6 Å². The van der Waals surface area contributed by atoms with Crippen molar-refractivity contribution in [2.24, 2.45) is 5.73 Å². The fraction of sp³-hybridized carbons (Fsp3) is 0.143. The minimum atomic E-state index is -4.50. The Morgan fingerprint density at radius 2 is 1.81 bits per heavy atom. The summed E-state index contributed by atoms with van der Waals surface area (Å²) >= 11 is 0. The first-order valence-electron chi connectivity index (χ1n) is 6.04. The first-order chi connectivity index (χ1) is 9.90. The molecule has 0 bridgehead atoms. The molecule has 0 spiro atoms. The van der Waals surface area contributed by atoms with Crippen LogP contribution in [-0.2, 0) is 12.7 Å². The number of pyridine rings is 1. The van der Waals surface area contributed by atoms with Crippen molar-refractivity contribution in [3.8, 4) is 0 Å². The molecule has 2 rings (SSSR count). The molecule has 0 aliphatic heterocycles. The second-order valence-corrected chi connectivity index (χ2v) is 4.29. The number of hydrogen-bond donors (Lipinski definition) is 2. The molecule has 0 radical (unpaired) electrons. The summed E-state index contributed by atoms with van der Waals surface area (Å²) in [4.78, 5) is 15.2. The number of rotatable bonds is 3. The summed E-state index contributed by atoms with van der Waals surface area (Å²) in [5.41, 5.74) is 5.89. The minimum absolute atomic E-state index is 0.191. The highest BCUT2D eigenvalue weighted by Gasteiger charge is 2.32. The van der Waals surface area contributed by atoms with Crippen molar-refractivity contribution < 1.29 is 18.0 Å². The number of carbonyl (C=O) groups excluding carboxylic acids is 1. The van der Waals surface area contributed by atoms with E-state index in [2.05, 4.69) is 10.3 Å². The average molecular weight is 295 g/mol. The Balaban J connectivity index is 2.08. The van der Waals surface area contributed by atoms with Crippen LogP contribution in [0.2, 0.25) is 0 Å². The number of alkyl halides is 3. The highest BCUT2D eigenvalue weighted by molar-refractivity contribution is 6.04. The zero-order chi connectivity index (χ0) is 15.5. The van der Waals surface area contributed by atoms with E-state index in [0.29, 0.717) is 12.1 Å². The van der Waals surface area contributed by atoms with Crippen molar-refractivity contribution in [1.29, 1.82) is 0 Å². The molecule has 0 saturated heterocycles. The Labute approximate surface area is 118 Å². The summed E-state index contributed by atoms with van der Waals surface area (Å²) < 4.78 is 37.1. The van der Waals surface area contributed by atoms with Gasteiger partial charge in [0.2, 0.25) is 0 Å². The van der Waals surface area contributed by atoms with Crippen molar-refractivity contribution in [3.05, 3.63) is 59.4 Å². The van der Waals surface area contributed by atoms with E-state index >= 15 is 0 Å². The molecule has 0 atom stereocenters. The van der Waals surface area contributed by atoms with Gasteiger partial charge in [0.25, 0.3) is 5.91 Å². The van der Waals surface area contributed by atoms with E-state index in [1.807, 2.05) is 0 Å². The van der Waals surface area contributed by atoms with Gasteiger partial charge in [0.1, 0.15) is 5.69 Å². The maximum Gasteiger partial charge on any atom is 0.433 e. The molecule has 4 nitrogen and oxygen atoms in total. The summed E-state index contributed by atoms with van der Waals surface area (Å²) in [7, 11) is 0. The fourth-order valence-corrected chi connectivity index (χ4v) is 1.63. The Morgan fingerprint density at radius 1 is 1.14 bits per heavy atom. The maximum atomic E-state index is 12.4. The molecule has 1 aromatic heterocycles. The summed E-state index contributed by atoms with van der Waals surface area (Å²) in [5, 5.41) is 2.47. The lowest BCUT2D eigenvalue weighted by atomic mass is 10.1. The fourth-order valence-electron chi connectivity index (χ4n) is 1.63. The molecule has 0 aliphatic rings. The highest BCUT2D eigenvalue weighted by atomic mass is 19.4. The molecular formula is C14H12F3N3O. The number of nitrogens with one attached hydrogen (secondary N) is 1. The topological polar surface area (TPSA) is 68.0 Å². The Morgan fingerprint density at radius 3 is 2.29 bits per heavy atom. The number of benzene rings is 1. The van der Waals surface area contributed by atoms with Crippen LogP contribution in [0.5, 0.6) is 0 Å². The van der Waals surface area contributed by atoms with E-state index in [9.17, 15) is 18.0 Å². The van der Waals surface area contributed by atoms with Crippen LogP contribution in [0.4, 0.5) is 18.9 Å². The van der Waals surface area contributed by atoms with E-state index in [1.165, 1.54) is 0 Å². The van der Waals surface area contributed by atoms with E-state index in [-0.39, 0.29) is 5.69 Å². The molecule has 1 aromatic carbocycles. The lowest BCUT2D eigenvalue weighted by Gasteiger charge is -2.08. The molecular weight excluding hydrogens is 283 g/mol. The van der Waals surface area contributed by atoms with Gasteiger partial charge in [0, 0.05) is 12.1 Å². The van der Waals surface area contributed by atoms with E-state index < -0.39 is 17.8 Å². The van der Waals surface area contributed by atoms with E-state index in [4.69, 9.17) is 5.73 Å². The summed E-state index contributed by atoms with van der Waals surface area (Å²) in [5.74, 6) is -0.430. The number of amides is 1. The van der Waals surface area contributed by atoms with E-state index in [1.54, 1.807) is 24.3 Å². The first kappa shape index (κ1) is 15.0. The lowest BCUT2D eigenvalue weighted by Crippen LogP contribution is -2.13. The second kappa shape index (κ2) is 5.92. The van der Waals surface area contributed by atoms with Gasteiger partial charge in [0.05, 0.1) is 11.9 Å². The normalized spacial score (nSPS) is 11.2. The third-order valence-corrected chi connectivity index (χ3v) is 2.76. The van der Waals surface area contributed by atoms with Crippen LogP contribution < -0.4 is 11.1 Å². The SMILES string of the molecule is NCc1ccc(C(=O)Nc2ccc(C(F)(F)F)nc2)cc1. The number of halogens is 3. The lowest BCUT2D eigenvalue weighted by molar-refractivity contribution is -0.141. The van der Waals surface area contributed by atoms with Gasteiger partial charge in [-0.25, -0.2) is 4.98 Å². The predicted molar refractivity (Wildman–Crippen MR) is 71.5 cm³/mol. The van der Waals surface area contributed by atoms with Gasteiger partial charge in [-0.05, 0) is 29.8 Å². The third kappa shape index (κ3) is 3.79. The molecule has 7 heteroatoms. The molecule has 3 N–H and O–H groups in total. The van der Waals surface area contributed by atoms with Crippen LogP contribution in [0.3, 0.4) is 0 Å². The average Bonchev–Trinajstić information content (AvgIpc) is 2.47. The monoisotopic (exact) mass is 295 g/mol. The van der Waals surface area contributed by atoms with Crippen LogP contribution in [0.1, 0.15) is 21.6 Å². The van der Waals surface area contributed by atoms with Crippen molar-refractivity contribution in [2.75, 3.05) is 5.32 Å². The van der Waals surface area contributed by atoms with Crippen LogP contribution >= 0.6 is 0 Å².